The van der Waals surface area contributed by atoms with E-state index in [1.807, 2.05) is 18.2 Å². The summed E-state index contributed by atoms with van der Waals surface area (Å²) in [5, 5.41) is 7.81. The Morgan fingerprint density at radius 3 is 2.76 bits per heavy atom. The first-order valence-electron chi connectivity index (χ1n) is 9.32. The largest absolute Gasteiger partial charge is 0.345 e. The third-order valence-corrected chi connectivity index (χ3v) is 5.52. The molecule has 0 bridgehead atoms. The summed E-state index contributed by atoms with van der Waals surface area (Å²) in [6.45, 7) is 1.79. The molecule has 2 aromatic carbocycles. The highest BCUT2D eigenvalue weighted by atomic mass is 32.1. The maximum atomic E-state index is 13.0. The number of nitrogens with one attached hydrogen (secondary N) is 1. The van der Waals surface area contributed by atoms with Crippen molar-refractivity contribution in [2.45, 2.75) is 32.2 Å². The summed E-state index contributed by atoms with van der Waals surface area (Å²) in [6.07, 6.45) is 1.86. The van der Waals surface area contributed by atoms with Crippen LogP contribution in [-0.4, -0.2) is 21.0 Å². The normalized spacial score (nSPS) is 12.2. The zero-order valence-corrected chi connectivity index (χ0v) is 16.6. The van der Waals surface area contributed by atoms with Crippen LogP contribution in [0.25, 0.3) is 21.6 Å². The summed E-state index contributed by atoms with van der Waals surface area (Å²) in [6, 6.07) is 13.4. The summed E-state index contributed by atoms with van der Waals surface area (Å²) in [7, 11) is 0. The molecule has 0 radical (unpaired) electrons. The van der Waals surface area contributed by atoms with Crippen molar-refractivity contribution in [3.8, 4) is 11.4 Å². The highest BCUT2D eigenvalue weighted by molar-refractivity contribution is 7.18. The summed E-state index contributed by atoms with van der Waals surface area (Å²) in [5.74, 6) is 0.255. The van der Waals surface area contributed by atoms with E-state index in [9.17, 15) is 9.18 Å². The molecule has 0 aliphatic rings. The number of hydrogen-bond acceptors (Lipinski definition) is 6. The SMILES string of the molecule is CC(NC(=O)CCCc1nc2ccccc2s1)c1nc(-c2ccc(F)cc2)no1. The minimum atomic E-state index is -0.411. The number of halogens is 1. The van der Waals surface area contributed by atoms with E-state index < -0.39 is 6.04 Å². The van der Waals surface area contributed by atoms with Gasteiger partial charge in [-0.3, -0.25) is 4.79 Å². The molecular weight excluding hydrogens is 391 g/mol. The number of para-hydroxylation sites is 1. The predicted molar refractivity (Wildman–Crippen MR) is 109 cm³/mol. The van der Waals surface area contributed by atoms with E-state index in [1.54, 1.807) is 30.4 Å². The number of nitrogens with zero attached hydrogens (tertiary/aromatic N) is 3. The highest BCUT2D eigenvalue weighted by Crippen LogP contribution is 2.23. The quantitative estimate of drug-likeness (QED) is 0.478. The topological polar surface area (TPSA) is 80.9 Å². The van der Waals surface area contributed by atoms with Gasteiger partial charge in [0.05, 0.1) is 15.2 Å². The van der Waals surface area contributed by atoms with Gasteiger partial charge in [0.15, 0.2) is 0 Å². The van der Waals surface area contributed by atoms with Gasteiger partial charge in [0.25, 0.3) is 0 Å². The standard InChI is InChI=1S/C21H19FN4O2S/c1-13(21-25-20(26-28-21)14-9-11-15(22)12-10-14)23-18(27)7-4-8-19-24-16-5-2-3-6-17(16)29-19/h2-3,5-6,9-13H,4,7-8H2,1H3,(H,23,27). The molecular formula is C21H19FN4O2S. The number of carbonyl (C=O) groups is 1. The Kier molecular flexibility index (Phi) is 5.62. The van der Waals surface area contributed by atoms with E-state index in [0.29, 0.717) is 30.1 Å². The van der Waals surface area contributed by atoms with Crippen LogP contribution in [0.2, 0.25) is 0 Å². The molecule has 0 fully saturated rings. The summed E-state index contributed by atoms with van der Waals surface area (Å²) in [5.41, 5.74) is 1.65. The van der Waals surface area contributed by atoms with Gasteiger partial charge >= 0.3 is 0 Å². The van der Waals surface area contributed by atoms with Gasteiger partial charge in [0.2, 0.25) is 17.6 Å². The van der Waals surface area contributed by atoms with Gasteiger partial charge in [0.1, 0.15) is 11.9 Å². The van der Waals surface area contributed by atoms with Gasteiger partial charge in [0, 0.05) is 12.0 Å². The fraction of sp³-hybridized carbons (Fsp3) is 0.238. The van der Waals surface area contributed by atoms with Gasteiger partial charge in [-0.25, -0.2) is 9.37 Å². The molecule has 0 aliphatic carbocycles. The minimum absolute atomic E-state index is 0.0832. The maximum absolute atomic E-state index is 13.0. The lowest BCUT2D eigenvalue weighted by Crippen LogP contribution is -2.26. The van der Waals surface area contributed by atoms with Gasteiger partial charge in [-0.2, -0.15) is 4.98 Å². The average Bonchev–Trinajstić information content (AvgIpc) is 3.35. The Hall–Kier alpha value is -3.13. The van der Waals surface area contributed by atoms with Crippen LogP contribution in [0.5, 0.6) is 0 Å². The number of thiazole rings is 1. The van der Waals surface area contributed by atoms with E-state index in [4.69, 9.17) is 4.52 Å². The van der Waals surface area contributed by atoms with Crippen LogP contribution in [0.4, 0.5) is 4.39 Å². The second-order valence-corrected chi connectivity index (χ2v) is 7.80. The van der Waals surface area contributed by atoms with Crippen LogP contribution in [0.15, 0.2) is 53.1 Å². The third kappa shape index (κ3) is 4.65. The third-order valence-electron chi connectivity index (χ3n) is 4.42. The molecule has 4 aromatic rings. The Morgan fingerprint density at radius 2 is 1.97 bits per heavy atom. The van der Waals surface area contributed by atoms with Crippen LogP contribution in [0.3, 0.4) is 0 Å². The molecule has 2 heterocycles. The van der Waals surface area contributed by atoms with E-state index in [-0.39, 0.29) is 11.7 Å². The lowest BCUT2D eigenvalue weighted by molar-refractivity contribution is -0.122. The Balaban J connectivity index is 1.28. The van der Waals surface area contributed by atoms with E-state index >= 15 is 0 Å². The van der Waals surface area contributed by atoms with E-state index in [2.05, 4.69) is 26.5 Å². The number of rotatable bonds is 7. The number of aromatic nitrogens is 3. The molecule has 1 unspecified atom stereocenters. The predicted octanol–water partition coefficient (Wildman–Crippen LogP) is 4.69. The van der Waals surface area contributed by atoms with Crippen molar-refractivity contribution in [1.82, 2.24) is 20.4 Å². The molecule has 29 heavy (non-hydrogen) atoms. The fourth-order valence-corrected chi connectivity index (χ4v) is 3.94. The lowest BCUT2D eigenvalue weighted by atomic mass is 10.2. The molecule has 4 rings (SSSR count). The summed E-state index contributed by atoms with van der Waals surface area (Å²) in [4.78, 5) is 21.1. The van der Waals surface area contributed by atoms with Crippen molar-refractivity contribution in [2.75, 3.05) is 0 Å². The molecule has 0 spiro atoms. The summed E-state index contributed by atoms with van der Waals surface area (Å²) < 4.78 is 19.4. The lowest BCUT2D eigenvalue weighted by Gasteiger charge is -2.09. The van der Waals surface area contributed by atoms with Gasteiger partial charge < -0.3 is 9.84 Å². The Morgan fingerprint density at radius 1 is 1.17 bits per heavy atom. The first kappa shape index (κ1) is 19.2. The van der Waals surface area contributed by atoms with Crippen molar-refractivity contribution in [3.63, 3.8) is 0 Å². The van der Waals surface area contributed by atoms with Gasteiger partial charge in [-0.15, -0.1) is 11.3 Å². The zero-order chi connectivity index (χ0) is 20.2. The molecule has 6 nitrogen and oxygen atoms in total. The minimum Gasteiger partial charge on any atom is -0.345 e. The smallest absolute Gasteiger partial charge is 0.249 e. The van der Waals surface area contributed by atoms with Crippen LogP contribution in [-0.2, 0) is 11.2 Å². The molecule has 148 valence electrons. The molecule has 1 amide bonds. The fourth-order valence-electron chi connectivity index (χ4n) is 2.93. The average molecular weight is 410 g/mol. The second kappa shape index (κ2) is 8.48. The molecule has 1 N–H and O–H groups in total. The summed E-state index contributed by atoms with van der Waals surface area (Å²) >= 11 is 1.66. The van der Waals surface area contributed by atoms with Crippen molar-refractivity contribution in [3.05, 3.63) is 65.2 Å². The number of aryl methyl sites for hydroxylation is 1. The Bertz CT molecular complexity index is 1090. The number of carbonyl (C=O) groups excluding carboxylic acids is 1. The molecule has 0 aliphatic heterocycles. The van der Waals surface area contributed by atoms with E-state index in [0.717, 1.165) is 21.6 Å². The van der Waals surface area contributed by atoms with Crippen LogP contribution in [0.1, 0.15) is 36.7 Å². The first-order valence-corrected chi connectivity index (χ1v) is 10.1. The molecule has 0 saturated heterocycles. The maximum Gasteiger partial charge on any atom is 0.249 e. The van der Waals surface area contributed by atoms with Gasteiger partial charge in [-0.1, -0.05) is 17.3 Å². The van der Waals surface area contributed by atoms with Crippen LogP contribution >= 0.6 is 11.3 Å². The van der Waals surface area contributed by atoms with E-state index in [1.165, 1.54) is 12.1 Å². The van der Waals surface area contributed by atoms with Crippen molar-refractivity contribution in [2.24, 2.45) is 0 Å². The monoisotopic (exact) mass is 410 g/mol. The number of hydrogen-bond donors (Lipinski definition) is 1. The van der Waals surface area contributed by atoms with Gasteiger partial charge in [-0.05, 0) is 56.2 Å². The molecule has 8 heteroatoms. The first-order chi connectivity index (χ1) is 14.1. The van der Waals surface area contributed by atoms with Crippen molar-refractivity contribution < 1.29 is 13.7 Å². The number of benzene rings is 2. The number of fused-ring (bicyclic) bond motifs is 1. The Labute approximate surface area is 170 Å². The van der Waals surface area contributed by atoms with Crippen molar-refractivity contribution in [1.29, 1.82) is 0 Å². The number of amides is 1. The second-order valence-electron chi connectivity index (χ2n) is 6.68. The molecule has 2 aromatic heterocycles. The van der Waals surface area contributed by atoms with Crippen molar-refractivity contribution >= 4 is 27.5 Å². The zero-order valence-electron chi connectivity index (χ0n) is 15.8. The molecule has 0 saturated carbocycles. The van der Waals surface area contributed by atoms with Crippen LogP contribution in [0, 0.1) is 5.82 Å². The highest BCUT2D eigenvalue weighted by Gasteiger charge is 2.17. The van der Waals surface area contributed by atoms with Crippen LogP contribution < -0.4 is 5.32 Å². The molecule has 1 atom stereocenters.